The summed E-state index contributed by atoms with van der Waals surface area (Å²) in [6.45, 7) is 8.32. The molecule has 0 aliphatic heterocycles. The molecule has 0 aliphatic rings. The van der Waals surface area contributed by atoms with Crippen molar-refractivity contribution in [3.63, 3.8) is 0 Å². The van der Waals surface area contributed by atoms with Crippen molar-refractivity contribution < 1.29 is 18.2 Å². The van der Waals surface area contributed by atoms with Gasteiger partial charge >= 0.3 is 16.1 Å². The van der Waals surface area contributed by atoms with Gasteiger partial charge in [0.05, 0.1) is 0 Å². The Hall–Kier alpha value is -2.54. The minimum atomic E-state index is -2.02. The quantitative estimate of drug-likeness (QED) is 0.306. The number of rotatable bonds is 10. The van der Waals surface area contributed by atoms with E-state index in [-0.39, 0.29) is 0 Å². The second kappa shape index (κ2) is 11.4. The van der Waals surface area contributed by atoms with Crippen molar-refractivity contribution in [1.29, 1.82) is 0 Å². The molecule has 0 bridgehead atoms. The molecule has 0 amide bonds. The van der Waals surface area contributed by atoms with E-state index in [9.17, 15) is 9.13 Å². The zero-order valence-electron chi connectivity index (χ0n) is 19.1. The molecule has 0 aromatic heterocycles. The molecule has 0 fully saturated rings. The van der Waals surface area contributed by atoms with Gasteiger partial charge in [0, 0.05) is 11.1 Å². The Morgan fingerprint density at radius 2 is 0.938 bits per heavy atom. The molecule has 4 nitrogen and oxygen atoms in total. The smallest absolute Gasteiger partial charge is 0.250 e. The van der Waals surface area contributed by atoms with E-state index in [4.69, 9.17) is 9.05 Å². The summed E-state index contributed by atoms with van der Waals surface area (Å²) in [6, 6.07) is 18.5. The molecule has 0 heterocycles. The fraction of sp³-hybridized carbons (Fsp3) is 0.308. The minimum Gasteiger partial charge on any atom is -0.250 e. The van der Waals surface area contributed by atoms with E-state index < -0.39 is 16.1 Å². The molecule has 3 rings (SSSR count). The molecule has 166 valence electrons. The van der Waals surface area contributed by atoms with Gasteiger partial charge in [0.1, 0.15) is 0 Å². The van der Waals surface area contributed by atoms with Crippen LogP contribution >= 0.6 is 16.1 Å². The summed E-state index contributed by atoms with van der Waals surface area (Å²) in [5, 5.41) is 1.49. The fourth-order valence-corrected chi connectivity index (χ4v) is 6.20. The van der Waals surface area contributed by atoms with Gasteiger partial charge in [-0.15, -0.1) is 0 Å². The molecular weight excluding hydrogens is 438 g/mol. The van der Waals surface area contributed by atoms with Gasteiger partial charge < -0.3 is 0 Å². The number of hydrogen-bond acceptors (Lipinski definition) is 4. The van der Waals surface area contributed by atoms with Gasteiger partial charge in [-0.3, -0.25) is 9.05 Å². The highest BCUT2D eigenvalue weighted by Crippen LogP contribution is 2.33. The van der Waals surface area contributed by atoms with Crippen LogP contribution in [-0.4, -0.2) is 0 Å². The molecule has 0 radical (unpaired) electrons. The molecule has 32 heavy (non-hydrogen) atoms. The normalized spacial score (nSPS) is 11.8. The standard InChI is InChI=1S/C26H30O4P2/c1-5-19-11-9-13-25(23(19)7-3)31(27)29-21-15-17-22(18-16-21)30-32(28)26-14-10-12-20(6-2)24(26)8-4/h9-18H,5-8H2,1-4H3/q+2. The Balaban J connectivity index is 1.73. The average molecular weight is 468 g/mol. The maximum Gasteiger partial charge on any atom is 0.597 e. The van der Waals surface area contributed by atoms with E-state index in [1.807, 2.05) is 24.3 Å². The monoisotopic (exact) mass is 468 g/mol. The Kier molecular flexibility index (Phi) is 8.56. The molecule has 0 aliphatic carbocycles. The SMILES string of the molecule is CCc1cccc([P+](=O)Oc2ccc(O[P+](=O)c3cccc(CC)c3CC)cc2)c1CC. The molecule has 6 heteroatoms. The first kappa shape index (κ1) is 24.1. The van der Waals surface area contributed by atoms with Crippen LogP contribution in [-0.2, 0) is 34.8 Å². The molecule has 3 aromatic carbocycles. The molecule has 2 atom stereocenters. The Labute approximate surface area is 192 Å². The summed E-state index contributed by atoms with van der Waals surface area (Å²) in [6.07, 6.45) is 3.40. The summed E-state index contributed by atoms with van der Waals surface area (Å²) in [5.41, 5.74) is 4.58. The third kappa shape index (κ3) is 5.44. The first-order valence-corrected chi connectivity index (χ1v) is 13.5. The highest BCUT2D eigenvalue weighted by atomic mass is 31.1. The van der Waals surface area contributed by atoms with E-state index in [0.29, 0.717) is 11.5 Å². The van der Waals surface area contributed by atoms with Gasteiger partial charge in [0.15, 0.2) is 11.5 Å². The van der Waals surface area contributed by atoms with Crippen LogP contribution in [0.2, 0.25) is 0 Å². The van der Waals surface area contributed by atoms with Crippen molar-refractivity contribution in [2.24, 2.45) is 0 Å². The van der Waals surface area contributed by atoms with Crippen LogP contribution < -0.4 is 19.7 Å². The lowest BCUT2D eigenvalue weighted by molar-refractivity contribution is 0.506. The number of hydrogen-bond donors (Lipinski definition) is 0. The van der Waals surface area contributed by atoms with Crippen LogP contribution in [0.5, 0.6) is 11.5 Å². The van der Waals surface area contributed by atoms with Crippen molar-refractivity contribution in [1.82, 2.24) is 0 Å². The lowest BCUT2D eigenvalue weighted by Gasteiger charge is -2.05. The van der Waals surface area contributed by atoms with Crippen molar-refractivity contribution >= 4 is 26.7 Å². The van der Waals surface area contributed by atoms with Crippen LogP contribution in [0, 0.1) is 0 Å². The van der Waals surface area contributed by atoms with Gasteiger partial charge in [0.2, 0.25) is 10.6 Å². The van der Waals surface area contributed by atoms with Crippen LogP contribution in [0.15, 0.2) is 60.7 Å². The van der Waals surface area contributed by atoms with E-state index in [0.717, 1.165) is 47.4 Å². The molecule has 0 spiro atoms. The maximum absolute atomic E-state index is 12.9. The van der Waals surface area contributed by atoms with Gasteiger partial charge in [-0.25, -0.2) is 0 Å². The highest BCUT2D eigenvalue weighted by Gasteiger charge is 2.30. The van der Waals surface area contributed by atoms with Gasteiger partial charge in [-0.1, -0.05) is 52.0 Å². The fourth-order valence-electron chi connectivity index (χ4n) is 3.91. The topological polar surface area (TPSA) is 52.6 Å². The zero-order valence-corrected chi connectivity index (χ0v) is 20.9. The van der Waals surface area contributed by atoms with Crippen LogP contribution in [0.3, 0.4) is 0 Å². The van der Waals surface area contributed by atoms with Crippen LogP contribution in [0.4, 0.5) is 0 Å². The van der Waals surface area contributed by atoms with E-state index in [2.05, 4.69) is 39.8 Å². The van der Waals surface area contributed by atoms with Crippen molar-refractivity contribution in [2.75, 3.05) is 0 Å². The molecule has 3 aromatic rings. The second-order valence-corrected chi connectivity index (χ2v) is 9.77. The first-order chi connectivity index (χ1) is 15.5. The molecule has 2 unspecified atom stereocenters. The molecule has 0 saturated carbocycles. The van der Waals surface area contributed by atoms with Gasteiger partial charge in [0.25, 0.3) is 0 Å². The minimum absolute atomic E-state index is 0.486. The number of benzene rings is 3. The first-order valence-electron chi connectivity index (χ1n) is 11.1. The lowest BCUT2D eigenvalue weighted by atomic mass is 10.0. The predicted molar refractivity (Wildman–Crippen MR) is 133 cm³/mol. The third-order valence-electron chi connectivity index (χ3n) is 5.56. The Morgan fingerprint density at radius 1 is 0.562 bits per heavy atom. The summed E-state index contributed by atoms with van der Waals surface area (Å²) >= 11 is 0. The van der Waals surface area contributed by atoms with E-state index in [1.165, 1.54) is 11.1 Å². The maximum atomic E-state index is 12.9. The van der Waals surface area contributed by atoms with E-state index in [1.54, 1.807) is 24.3 Å². The van der Waals surface area contributed by atoms with Crippen LogP contribution in [0.1, 0.15) is 49.9 Å². The van der Waals surface area contributed by atoms with E-state index >= 15 is 0 Å². The van der Waals surface area contributed by atoms with Gasteiger partial charge in [-0.05, 0) is 82.3 Å². The summed E-state index contributed by atoms with van der Waals surface area (Å²) < 4.78 is 37.2. The second-order valence-electron chi connectivity index (χ2n) is 7.41. The Bertz CT molecular complexity index is 1020. The summed E-state index contributed by atoms with van der Waals surface area (Å²) in [4.78, 5) is 0. The lowest BCUT2D eigenvalue weighted by Crippen LogP contribution is -2.10. The van der Waals surface area contributed by atoms with Crippen LogP contribution in [0.25, 0.3) is 0 Å². The molecule has 0 N–H and O–H groups in total. The number of aryl methyl sites for hydroxylation is 2. The molecule has 0 saturated heterocycles. The largest absolute Gasteiger partial charge is 0.597 e. The Morgan fingerprint density at radius 3 is 1.25 bits per heavy atom. The summed E-state index contributed by atoms with van der Waals surface area (Å²) in [7, 11) is -4.05. The zero-order chi connectivity index (χ0) is 23.1. The highest BCUT2D eigenvalue weighted by molar-refractivity contribution is 7.49. The third-order valence-corrected chi connectivity index (χ3v) is 7.94. The predicted octanol–water partition coefficient (Wildman–Crippen LogP) is 6.83. The van der Waals surface area contributed by atoms with Gasteiger partial charge in [-0.2, -0.15) is 0 Å². The summed E-state index contributed by atoms with van der Waals surface area (Å²) in [5.74, 6) is 0.972. The molecular formula is C26H30O4P2+2. The van der Waals surface area contributed by atoms with Crippen molar-refractivity contribution in [2.45, 2.75) is 53.4 Å². The van der Waals surface area contributed by atoms with Crippen molar-refractivity contribution in [3.05, 3.63) is 82.9 Å². The average Bonchev–Trinajstić information content (AvgIpc) is 2.83. The van der Waals surface area contributed by atoms with Crippen molar-refractivity contribution in [3.8, 4) is 11.5 Å².